The lowest BCUT2D eigenvalue weighted by Crippen LogP contribution is -2.39. The maximum atomic E-state index is 11.7. The molecule has 1 aromatic heterocycles. The highest BCUT2D eigenvalue weighted by atomic mass is 16.2. The van der Waals surface area contributed by atoms with Gasteiger partial charge in [-0.3, -0.25) is 4.79 Å². The fourth-order valence-corrected chi connectivity index (χ4v) is 1.78. The molecule has 0 atom stereocenters. The van der Waals surface area contributed by atoms with Gasteiger partial charge in [0.05, 0.1) is 6.54 Å². The Kier molecular flexibility index (Phi) is 3.01. The summed E-state index contributed by atoms with van der Waals surface area (Å²) in [6.07, 6.45) is 4.32. The summed E-state index contributed by atoms with van der Waals surface area (Å²) in [5, 5.41) is 2.98. The van der Waals surface area contributed by atoms with Crippen LogP contribution in [0.5, 0.6) is 0 Å². The van der Waals surface area contributed by atoms with Crippen molar-refractivity contribution < 1.29 is 4.79 Å². The quantitative estimate of drug-likeness (QED) is 0.750. The summed E-state index contributed by atoms with van der Waals surface area (Å²) in [6, 6.07) is 0. The summed E-state index contributed by atoms with van der Waals surface area (Å²) >= 11 is 0. The third kappa shape index (κ3) is 2.18. The van der Waals surface area contributed by atoms with Crippen molar-refractivity contribution in [1.82, 2.24) is 19.8 Å². The average Bonchev–Trinajstić information content (AvgIpc) is 2.72. The van der Waals surface area contributed by atoms with Gasteiger partial charge in [0.2, 0.25) is 5.91 Å². The van der Waals surface area contributed by atoms with Gasteiger partial charge >= 0.3 is 0 Å². The van der Waals surface area contributed by atoms with Crippen LogP contribution in [0.3, 0.4) is 0 Å². The highest BCUT2D eigenvalue weighted by molar-refractivity contribution is 5.76. The van der Waals surface area contributed by atoms with Gasteiger partial charge in [-0.2, -0.15) is 0 Å². The number of hydrogen-bond donors (Lipinski definition) is 1. The molecule has 5 nitrogen and oxygen atoms in total. The smallest absolute Gasteiger partial charge is 0.224 e. The van der Waals surface area contributed by atoms with Crippen molar-refractivity contribution in [3.8, 4) is 0 Å². The molecule has 82 valence electrons. The molecule has 0 aliphatic carbocycles. The maximum Gasteiger partial charge on any atom is 0.224 e. The third-order valence-electron chi connectivity index (χ3n) is 2.69. The van der Waals surface area contributed by atoms with Gasteiger partial charge in [0.1, 0.15) is 5.82 Å². The Labute approximate surface area is 89.1 Å². The third-order valence-corrected chi connectivity index (χ3v) is 2.69. The lowest BCUT2D eigenvalue weighted by Gasteiger charge is -2.27. The van der Waals surface area contributed by atoms with Crippen molar-refractivity contribution in [3.63, 3.8) is 0 Å². The van der Waals surface area contributed by atoms with Gasteiger partial charge in [-0.1, -0.05) is 0 Å². The summed E-state index contributed by atoms with van der Waals surface area (Å²) < 4.78 is 2.10. The van der Waals surface area contributed by atoms with E-state index in [0.29, 0.717) is 13.0 Å². The maximum absolute atomic E-state index is 11.7. The summed E-state index contributed by atoms with van der Waals surface area (Å²) in [4.78, 5) is 17.8. The molecule has 0 bridgehead atoms. The molecule has 1 aliphatic rings. The first-order valence-corrected chi connectivity index (χ1v) is 5.23. The first-order valence-electron chi connectivity index (χ1n) is 5.23. The molecular weight excluding hydrogens is 192 g/mol. The van der Waals surface area contributed by atoms with E-state index in [1.54, 1.807) is 6.20 Å². The molecular formula is C10H16N4O. The summed E-state index contributed by atoms with van der Waals surface area (Å²) in [5.41, 5.74) is 0. The van der Waals surface area contributed by atoms with Crippen molar-refractivity contribution in [1.29, 1.82) is 0 Å². The second kappa shape index (κ2) is 4.44. The summed E-state index contributed by atoms with van der Waals surface area (Å²) in [7, 11) is 1.86. The van der Waals surface area contributed by atoms with Crippen molar-refractivity contribution in [2.75, 3.05) is 20.1 Å². The largest absolute Gasteiger partial charge is 0.333 e. The van der Waals surface area contributed by atoms with Crippen LogP contribution in [-0.4, -0.2) is 40.5 Å². The number of hydrogen-bond acceptors (Lipinski definition) is 3. The number of carbonyl (C=O) groups is 1. The minimum Gasteiger partial charge on any atom is -0.333 e. The fraction of sp³-hybridized carbons (Fsp3) is 0.600. The molecule has 5 heteroatoms. The van der Waals surface area contributed by atoms with E-state index in [9.17, 15) is 4.79 Å². The predicted molar refractivity (Wildman–Crippen MR) is 56.2 cm³/mol. The SMILES string of the molecule is CNCCC(=O)N1CCn2ccnc2C1. The van der Waals surface area contributed by atoms with Crippen LogP contribution < -0.4 is 5.32 Å². The van der Waals surface area contributed by atoms with Crippen LogP contribution in [0.1, 0.15) is 12.2 Å². The van der Waals surface area contributed by atoms with E-state index >= 15 is 0 Å². The summed E-state index contributed by atoms with van der Waals surface area (Å²) in [5.74, 6) is 1.19. The van der Waals surface area contributed by atoms with Crippen LogP contribution in [0.2, 0.25) is 0 Å². The molecule has 0 unspecified atom stereocenters. The van der Waals surface area contributed by atoms with E-state index < -0.39 is 0 Å². The number of carbonyl (C=O) groups excluding carboxylic acids is 1. The van der Waals surface area contributed by atoms with Gasteiger partial charge in [-0.15, -0.1) is 0 Å². The molecule has 1 N–H and O–H groups in total. The number of nitrogens with one attached hydrogen (secondary N) is 1. The van der Waals surface area contributed by atoms with Gasteiger partial charge in [-0.25, -0.2) is 4.98 Å². The number of imidazole rings is 1. The van der Waals surface area contributed by atoms with E-state index in [4.69, 9.17) is 0 Å². The van der Waals surface area contributed by atoms with Crippen molar-refractivity contribution in [2.45, 2.75) is 19.5 Å². The van der Waals surface area contributed by atoms with E-state index in [1.807, 2.05) is 18.1 Å². The molecule has 2 heterocycles. The minimum atomic E-state index is 0.207. The van der Waals surface area contributed by atoms with Crippen molar-refractivity contribution in [2.24, 2.45) is 0 Å². The Hall–Kier alpha value is -1.36. The second-order valence-electron chi connectivity index (χ2n) is 3.71. The fourth-order valence-electron chi connectivity index (χ4n) is 1.78. The Morgan fingerprint density at radius 1 is 1.60 bits per heavy atom. The van der Waals surface area contributed by atoms with Gasteiger partial charge < -0.3 is 14.8 Å². The molecule has 1 aliphatic heterocycles. The monoisotopic (exact) mass is 208 g/mol. The highest BCUT2D eigenvalue weighted by Crippen LogP contribution is 2.10. The number of fused-ring (bicyclic) bond motifs is 1. The Morgan fingerprint density at radius 2 is 2.47 bits per heavy atom. The van der Waals surface area contributed by atoms with Gasteiger partial charge in [0, 0.05) is 38.4 Å². The topological polar surface area (TPSA) is 50.2 Å². The van der Waals surface area contributed by atoms with Crippen LogP contribution in [-0.2, 0) is 17.9 Å². The van der Waals surface area contributed by atoms with E-state index in [0.717, 1.165) is 25.5 Å². The van der Waals surface area contributed by atoms with Gasteiger partial charge in [-0.05, 0) is 7.05 Å². The second-order valence-corrected chi connectivity index (χ2v) is 3.71. The zero-order valence-electron chi connectivity index (χ0n) is 8.94. The van der Waals surface area contributed by atoms with E-state index in [-0.39, 0.29) is 5.91 Å². The zero-order chi connectivity index (χ0) is 10.7. The number of nitrogens with zero attached hydrogens (tertiary/aromatic N) is 3. The molecule has 0 spiro atoms. The van der Waals surface area contributed by atoms with E-state index in [1.165, 1.54) is 0 Å². The normalized spacial score (nSPS) is 15.1. The Morgan fingerprint density at radius 3 is 3.27 bits per heavy atom. The molecule has 2 rings (SSSR count). The van der Waals surface area contributed by atoms with Crippen LogP contribution in [0.15, 0.2) is 12.4 Å². The number of rotatable bonds is 3. The Balaban J connectivity index is 1.94. The Bertz CT molecular complexity index is 347. The lowest BCUT2D eigenvalue weighted by atomic mass is 10.3. The van der Waals surface area contributed by atoms with Crippen molar-refractivity contribution >= 4 is 5.91 Å². The first-order chi connectivity index (χ1) is 7.31. The number of aromatic nitrogens is 2. The van der Waals surface area contributed by atoms with Crippen molar-refractivity contribution in [3.05, 3.63) is 18.2 Å². The first kappa shape index (κ1) is 10.2. The van der Waals surface area contributed by atoms with Gasteiger partial charge in [0.25, 0.3) is 0 Å². The number of amides is 1. The standard InChI is InChI=1S/C10H16N4O/c1-11-3-2-10(15)14-7-6-13-5-4-12-9(13)8-14/h4-5,11H,2-3,6-8H2,1H3. The molecule has 1 amide bonds. The van der Waals surface area contributed by atoms with E-state index in [2.05, 4.69) is 14.9 Å². The molecule has 0 radical (unpaired) electrons. The molecule has 1 aromatic rings. The molecule has 0 saturated heterocycles. The van der Waals surface area contributed by atoms with Crippen LogP contribution in [0, 0.1) is 0 Å². The lowest BCUT2D eigenvalue weighted by molar-refractivity contribution is -0.132. The molecule has 15 heavy (non-hydrogen) atoms. The highest BCUT2D eigenvalue weighted by Gasteiger charge is 2.20. The predicted octanol–water partition coefficient (Wildman–Crippen LogP) is -0.165. The zero-order valence-corrected chi connectivity index (χ0v) is 8.94. The molecule has 0 aromatic carbocycles. The minimum absolute atomic E-state index is 0.207. The average molecular weight is 208 g/mol. The summed E-state index contributed by atoms with van der Waals surface area (Å²) in [6.45, 7) is 3.05. The molecule has 0 fully saturated rings. The van der Waals surface area contributed by atoms with Crippen LogP contribution in [0.4, 0.5) is 0 Å². The van der Waals surface area contributed by atoms with Gasteiger partial charge in [0.15, 0.2) is 0 Å². The van der Waals surface area contributed by atoms with Crippen LogP contribution >= 0.6 is 0 Å². The molecule has 0 saturated carbocycles. The van der Waals surface area contributed by atoms with Crippen LogP contribution in [0.25, 0.3) is 0 Å².